The van der Waals surface area contributed by atoms with E-state index < -0.39 is 0 Å². The molecule has 0 aromatic rings. The molecule has 3 nitrogen and oxygen atoms in total. The second kappa shape index (κ2) is 5.22. The summed E-state index contributed by atoms with van der Waals surface area (Å²) in [6, 6.07) is 0.369. The molecule has 2 atom stereocenters. The molecule has 0 heterocycles. The van der Waals surface area contributed by atoms with Gasteiger partial charge in [-0.25, -0.2) is 0 Å². The summed E-state index contributed by atoms with van der Waals surface area (Å²) >= 11 is 0. The lowest BCUT2D eigenvalue weighted by Gasteiger charge is -2.10. The van der Waals surface area contributed by atoms with Crippen molar-refractivity contribution in [2.75, 3.05) is 6.54 Å². The lowest BCUT2D eigenvalue weighted by Crippen LogP contribution is -2.28. The topological polar surface area (TPSA) is 55.1 Å². The molecule has 1 aliphatic carbocycles. The first kappa shape index (κ1) is 10.5. The highest BCUT2D eigenvalue weighted by Crippen LogP contribution is 2.22. The van der Waals surface area contributed by atoms with E-state index in [9.17, 15) is 4.79 Å². The highest BCUT2D eigenvalue weighted by molar-refractivity contribution is 5.75. The molecule has 1 saturated carbocycles. The van der Waals surface area contributed by atoms with Gasteiger partial charge in [0.25, 0.3) is 0 Å². The Morgan fingerprint density at radius 1 is 1.54 bits per heavy atom. The average Bonchev–Trinajstić information content (AvgIpc) is 2.49. The maximum absolute atomic E-state index is 11.1. The summed E-state index contributed by atoms with van der Waals surface area (Å²) in [6.07, 6.45) is 4.95. The van der Waals surface area contributed by atoms with Crippen LogP contribution in [0.15, 0.2) is 0 Å². The van der Waals surface area contributed by atoms with Gasteiger partial charge in [0.2, 0.25) is 5.91 Å². The van der Waals surface area contributed by atoms with Crippen molar-refractivity contribution in [3.63, 3.8) is 0 Å². The van der Waals surface area contributed by atoms with Crippen molar-refractivity contribution in [3.8, 4) is 0 Å². The summed E-state index contributed by atoms with van der Waals surface area (Å²) in [5.41, 5.74) is 5.78. The molecule has 1 amide bonds. The predicted octanol–water partition coefficient (Wildman–Crippen LogP) is 1.03. The lowest BCUT2D eigenvalue weighted by atomic mass is 10.1. The summed E-state index contributed by atoms with van der Waals surface area (Å²) in [4.78, 5) is 11.1. The predicted molar refractivity (Wildman–Crippen MR) is 53.2 cm³/mol. The zero-order valence-corrected chi connectivity index (χ0v) is 8.38. The molecule has 0 bridgehead atoms. The van der Waals surface area contributed by atoms with Crippen LogP contribution < -0.4 is 11.1 Å². The standard InChI is InChI=1S/C10H20N2O/c1-2-3-10(13)12-7-8-4-5-9(11)6-8/h8-9H,2-7,11H2,1H3,(H,12,13). The first-order valence-electron chi connectivity index (χ1n) is 5.24. The first-order chi connectivity index (χ1) is 6.22. The van der Waals surface area contributed by atoms with Gasteiger partial charge >= 0.3 is 0 Å². The summed E-state index contributed by atoms with van der Waals surface area (Å²) in [6.45, 7) is 2.84. The summed E-state index contributed by atoms with van der Waals surface area (Å²) in [5.74, 6) is 0.804. The van der Waals surface area contributed by atoms with E-state index in [1.165, 1.54) is 6.42 Å². The van der Waals surface area contributed by atoms with Crippen molar-refractivity contribution in [2.24, 2.45) is 11.7 Å². The van der Waals surface area contributed by atoms with E-state index in [4.69, 9.17) is 5.73 Å². The van der Waals surface area contributed by atoms with Crippen LogP contribution in [0.4, 0.5) is 0 Å². The maximum Gasteiger partial charge on any atom is 0.219 e. The fourth-order valence-electron chi connectivity index (χ4n) is 1.87. The molecule has 2 unspecified atom stereocenters. The van der Waals surface area contributed by atoms with Crippen LogP contribution in [0.25, 0.3) is 0 Å². The third kappa shape index (κ3) is 3.77. The Morgan fingerprint density at radius 3 is 2.85 bits per heavy atom. The second-order valence-corrected chi connectivity index (χ2v) is 3.99. The average molecular weight is 184 g/mol. The number of rotatable bonds is 4. The first-order valence-corrected chi connectivity index (χ1v) is 5.24. The zero-order chi connectivity index (χ0) is 9.68. The third-order valence-electron chi connectivity index (χ3n) is 2.65. The van der Waals surface area contributed by atoms with Crippen molar-refractivity contribution < 1.29 is 4.79 Å². The smallest absolute Gasteiger partial charge is 0.219 e. The minimum atomic E-state index is 0.183. The van der Waals surface area contributed by atoms with Gasteiger partial charge in [-0.15, -0.1) is 0 Å². The van der Waals surface area contributed by atoms with Crippen molar-refractivity contribution in [3.05, 3.63) is 0 Å². The van der Waals surface area contributed by atoms with Crippen LogP contribution in [0.1, 0.15) is 39.0 Å². The molecule has 0 radical (unpaired) electrons. The van der Waals surface area contributed by atoms with Gasteiger partial charge in [-0.3, -0.25) is 4.79 Å². The van der Waals surface area contributed by atoms with Crippen molar-refractivity contribution in [2.45, 2.75) is 45.1 Å². The molecule has 0 aliphatic heterocycles. The molecule has 76 valence electrons. The molecule has 1 aliphatic rings. The van der Waals surface area contributed by atoms with Crippen LogP contribution in [-0.2, 0) is 4.79 Å². The number of carbonyl (C=O) groups is 1. The van der Waals surface area contributed by atoms with Gasteiger partial charge in [-0.2, -0.15) is 0 Å². The largest absolute Gasteiger partial charge is 0.356 e. The Labute approximate surface area is 80.1 Å². The quantitative estimate of drug-likeness (QED) is 0.685. The van der Waals surface area contributed by atoms with Crippen LogP contribution in [0, 0.1) is 5.92 Å². The summed E-state index contributed by atoms with van der Waals surface area (Å²) in [5, 5.41) is 2.95. The molecule has 3 N–H and O–H groups in total. The van der Waals surface area contributed by atoms with E-state index in [2.05, 4.69) is 5.32 Å². The molecule has 0 aromatic heterocycles. The Bertz CT molecular complexity index is 170. The van der Waals surface area contributed by atoms with Gasteiger partial charge in [0.05, 0.1) is 0 Å². The normalized spacial score (nSPS) is 27.5. The zero-order valence-electron chi connectivity index (χ0n) is 8.38. The Morgan fingerprint density at radius 2 is 2.31 bits per heavy atom. The van der Waals surface area contributed by atoms with E-state index in [-0.39, 0.29) is 5.91 Å². The molecule has 1 rings (SSSR count). The molecule has 13 heavy (non-hydrogen) atoms. The molecule has 0 aromatic carbocycles. The Hall–Kier alpha value is -0.570. The van der Waals surface area contributed by atoms with Crippen LogP contribution in [0.2, 0.25) is 0 Å². The number of nitrogens with two attached hydrogens (primary N) is 1. The molecule has 0 spiro atoms. The molecule has 3 heteroatoms. The van der Waals surface area contributed by atoms with E-state index in [1.807, 2.05) is 6.92 Å². The highest BCUT2D eigenvalue weighted by Gasteiger charge is 2.21. The number of carbonyl (C=O) groups excluding carboxylic acids is 1. The molecule has 1 fully saturated rings. The number of nitrogens with one attached hydrogen (secondary N) is 1. The number of hydrogen-bond acceptors (Lipinski definition) is 2. The fourth-order valence-corrected chi connectivity index (χ4v) is 1.87. The number of hydrogen-bond donors (Lipinski definition) is 2. The maximum atomic E-state index is 11.1. The van der Waals surface area contributed by atoms with Crippen LogP contribution in [0.5, 0.6) is 0 Å². The lowest BCUT2D eigenvalue weighted by molar-refractivity contribution is -0.121. The SMILES string of the molecule is CCCC(=O)NCC1CCC(N)C1. The van der Waals surface area contributed by atoms with Gasteiger partial charge in [-0.05, 0) is 31.6 Å². The summed E-state index contributed by atoms with van der Waals surface area (Å²) < 4.78 is 0. The monoisotopic (exact) mass is 184 g/mol. The minimum absolute atomic E-state index is 0.183. The van der Waals surface area contributed by atoms with Gasteiger partial charge in [0.15, 0.2) is 0 Å². The Kier molecular flexibility index (Phi) is 4.22. The van der Waals surface area contributed by atoms with Gasteiger partial charge < -0.3 is 11.1 Å². The molecule has 0 saturated heterocycles. The molecular formula is C10H20N2O. The van der Waals surface area contributed by atoms with E-state index in [0.717, 1.165) is 25.8 Å². The minimum Gasteiger partial charge on any atom is -0.356 e. The van der Waals surface area contributed by atoms with E-state index in [0.29, 0.717) is 18.4 Å². The summed E-state index contributed by atoms with van der Waals surface area (Å²) in [7, 11) is 0. The van der Waals surface area contributed by atoms with Crippen molar-refractivity contribution >= 4 is 5.91 Å². The third-order valence-corrected chi connectivity index (χ3v) is 2.65. The second-order valence-electron chi connectivity index (χ2n) is 3.99. The molecular weight excluding hydrogens is 164 g/mol. The van der Waals surface area contributed by atoms with Crippen LogP contribution in [-0.4, -0.2) is 18.5 Å². The number of amides is 1. The van der Waals surface area contributed by atoms with Gasteiger partial charge in [0, 0.05) is 19.0 Å². The van der Waals surface area contributed by atoms with E-state index >= 15 is 0 Å². The fraction of sp³-hybridized carbons (Fsp3) is 0.900. The van der Waals surface area contributed by atoms with E-state index in [1.54, 1.807) is 0 Å². The van der Waals surface area contributed by atoms with Crippen LogP contribution >= 0.6 is 0 Å². The van der Waals surface area contributed by atoms with Gasteiger partial charge in [0.1, 0.15) is 0 Å². The van der Waals surface area contributed by atoms with Crippen molar-refractivity contribution in [1.29, 1.82) is 0 Å². The highest BCUT2D eigenvalue weighted by atomic mass is 16.1. The van der Waals surface area contributed by atoms with Crippen LogP contribution in [0.3, 0.4) is 0 Å². The Balaban J connectivity index is 2.09. The van der Waals surface area contributed by atoms with Gasteiger partial charge in [-0.1, -0.05) is 6.92 Å². The van der Waals surface area contributed by atoms with Crippen molar-refractivity contribution in [1.82, 2.24) is 5.32 Å².